The fraction of sp³-hybridized carbons (Fsp3) is 0.500. The Bertz CT molecular complexity index is 559. The van der Waals surface area contributed by atoms with Crippen LogP contribution in [0.15, 0.2) is 28.8 Å². The maximum atomic E-state index is 5.82. The summed E-state index contributed by atoms with van der Waals surface area (Å²) in [4.78, 5) is 4.40. The highest BCUT2D eigenvalue weighted by Crippen LogP contribution is 2.18. The van der Waals surface area contributed by atoms with Crippen molar-refractivity contribution in [3.63, 3.8) is 0 Å². The number of piperidine rings is 1. The normalized spacial score (nSPS) is 16.2. The van der Waals surface area contributed by atoms with E-state index in [1.165, 1.54) is 5.56 Å². The number of nitrogens with zero attached hydrogens (tertiary/aromatic N) is 2. The lowest BCUT2D eigenvalue weighted by molar-refractivity contribution is 0.00859. The minimum absolute atomic E-state index is 0.297. The Morgan fingerprint density at radius 2 is 2.00 bits per heavy atom. The Kier molecular flexibility index (Phi) is 4.62. The molecule has 1 aliphatic rings. The van der Waals surface area contributed by atoms with Crippen LogP contribution in [-0.2, 0) is 17.8 Å². The lowest BCUT2D eigenvalue weighted by Gasteiger charge is -2.21. The fourth-order valence-electron chi connectivity index (χ4n) is 2.47. The van der Waals surface area contributed by atoms with Crippen molar-refractivity contribution in [1.82, 2.24) is 15.5 Å². The minimum atomic E-state index is 0.297. The van der Waals surface area contributed by atoms with Gasteiger partial charge >= 0.3 is 0 Å². The summed E-state index contributed by atoms with van der Waals surface area (Å²) in [5, 5.41) is 7.34. The first kappa shape index (κ1) is 14.2. The van der Waals surface area contributed by atoms with Crippen LogP contribution < -0.4 is 5.32 Å². The lowest BCUT2D eigenvalue weighted by Crippen LogP contribution is -2.32. The highest BCUT2D eigenvalue weighted by Gasteiger charge is 2.15. The molecular formula is C16H21N3O2. The van der Waals surface area contributed by atoms with E-state index in [1.807, 2.05) is 12.1 Å². The molecule has 1 aromatic carbocycles. The van der Waals surface area contributed by atoms with E-state index in [0.717, 1.165) is 37.9 Å². The summed E-state index contributed by atoms with van der Waals surface area (Å²) >= 11 is 0. The van der Waals surface area contributed by atoms with Crippen LogP contribution in [0.5, 0.6) is 0 Å². The van der Waals surface area contributed by atoms with Gasteiger partial charge < -0.3 is 14.6 Å². The van der Waals surface area contributed by atoms with Crippen molar-refractivity contribution in [1.29, 1.82) is 0 Å². The molecule has 0 spiro atoms. The van der Waals surface area contributed by atoms with Crippen molar-refractivity contribution in [2.75, 3.05) is 13.1 Å². The Labute approximate surface area is 124 Å². The van der Waals surface area contributed by atoms with E-state index in [4.69, 9.17) is 9.26 Å². The van der Waals surface area contributed by atoms with E-state index >= 15 is 0 Å². The third-order valence-corrected chi connectivity index (χ3v) is 3.82. The zero-order valence-corrected chi connectivity index (χ0v) is 12.3. The molecule has 112 valence electrons. The van der Waals surface area contributed by atoms with Gasteiger partial charge in [-0.15, -0.1) is 0 Å². The molecule has 0 amide bonds. The second-order valence-corrected chi connectivity index (χ2v) is 5.32. The van der Waals surface area contributed by atoms with Gasteiger partial charge in [0.15, 0.2) is 0 Å². The number of rotatable bonds is 5. The third-order valence-electron chi connectivity index (χ3n) is 3.82. The molecule has 1 N–H and O–H groups in total. The molecule has 5 heteroatoms. The molecule has 0 atom stereocenters. The van der Waals surface area contributed by atoms with Crippen LogP contribution in [0.2, 0.25) is 0 Å². The predicted molar refractivity (Wildman–Crippen MR) is 79.8 cm³/mol. The number of benzene rings is 1. The third kappa shape index (κ3) is 3.68. The van der Waals surface area contributed by atoms with Crippen molar-refractivity contribution >= 4 is 0 Å². The standard InChI is InChI=1S/C16H21N3O2/c1-2-12-3-5-13(6-4-12)16-18-15(21-19-16)11-20-14-7-9-17-10-8-14/h3-6,14,17H,2,7-11H2,1H3. The highest BCUT2D eigenvalue weighted by atomic mass is 16.5. The largest absolute Gasteiger partial charge is 0.368 e. The van der Waals surface area contributed by atoms with Crippen molar-refractivity contribution in [3.05, 3.63) is 35.7 Å². The number of aromatic nitrogens is 2. The van der Waals surface area contributed by atoms with Gasteiger partial charge in [0.25, 0.3) is 5.89 Å². The summed E-state index contributed by atoms with van der Waals surface area (Å²) in [6.07, 6.45) is 3.41. The molecule has 1 aromatic heterocycles. The molecule has 0 bridgehead atoms. The molecule has 0 aliphatic carbocycles. The van der Waals surface area contributed by atoms with Gasteiger partial charge in [-0.2, -0.15) is 4.98 Å². The Morgan fingerprint density at radius 1 is 1.24 bits per heavy atom. The Balaban J connectivity index is 1.59. The van der Waals surface area contributed by atoms with Crippen molar-refractivity contribution in [2.45, 2.75) is 38.9 Å². The summed E-state index contributed by atoms with van der Waals surface area (Å²) < 4.78 is 11.1. The van der Waals surface area contributed by atoms with E-state index in [1.54, 1.807) is 0 Å². The summed E-state index contributed by atoms with van der Waals surface area (Å²) in [6.45, 7) is 4.57. The maximum Gasteiger partial charge on any atom is 0.252 e. The predicted octanol–water partition coefficient (Wildman–Crippen LogP) is 2.57. The van der Waals surface area contributed by atoms with Crippen LogP contribution in [0.4, 0.5) is 0 Å². The van der Waals surface area contributed by atoms with Crippen molar-refractivity contribution in [3.8, 4) is 11.4 Å². The molecule has 21 heavy (non-hydrogen) atoms. The summed E-state index contributed by atoms with van der Waals surface area (Å²) in [5.41, 5.74) is 2.28. The molecule has 5 nitrogen and oxygen atoms in total. The Morgan fingerprint density at radius 3 is 2.71 bits per heavy atom. The molecule has 1 fully saturated rings. The number of aryl methyl sites for hydroxylation is 1. The van der Waals surface area contributed by atoms with Gasteiger partial charge in [-0.05, 0) is 37.9 Å². The van der Waals surface area contributed by atoms with E-state index in [9.17, 15) is 0 Å². The SMILES string of the molecule is CCc1ccc(-c2noc(COC3CCNCC3)n2)cc1. The Hall–Kier alpha value is -1.72. The molecular weight excluding hydrogens is 266 g/mol. The second kappa shape index (κ2) is 6.83. The summed E-state index contributed by atoms with van der Waals surface area (Å²) in [6, 6.07) is 8.25. The smallest absolute Gasteiger partial charge is 0.252 e. The van der Waals surface area contributed by atoms with Gasteiger partial charge in [0.1, 0.15) is 6.61 Å². The molecule has 1 aliphatic heterocycles. The van der Waals surface area contributed by atoms with Gasteiger partial charge in [-0.25, -0.2) is 0 Å². The minimum Gasteiger partial charge on any atom is -0.368 e. The van der Waals surface area contributed by atoms with E-state index < -0.39 is 0 Å². The quantitative estimate of drug-likeness (QED) is 0.916. The average Bonchev–Trinajstić information content (AvgIpc) is 3.03. The molecule has 2 aromatic rings. The topological polar surface area (TPSA) is 60.2 Å². The zero-order chi connectivity index (χ0) is 14.5. The van der Waals surface area contributed by atoms with Crippen LogP contribution in [-0.4, -0.2) is 29.3 Å². The number of hydrogen-bond donors (Lipinski definition) is 1. The highest BCUT2D eigenvalue weighted by molar-refractivity contribution is 5.54. The molecule has 2 heterocycles. The van der Waals surface area contributed by atoms with Gasteiger partial charge in [0, 0.05) is 5.56 Å². The maximum absolute atomic E-state index is 5.82. The first-order valence-electron chi connectivity index (χ1n) is 7.59. The summed E-state index contributed by atoms with van der Waals surface area (Å²) in [5.74, 6) is 1.17. The first-order valence-corrected chi connectivity index (χ1v) is 7.59. The van der Waals surface area contributed by atoms with Gasteiger partial charge in [0.2, 0.25) is 5.82 Å². The van der Waals surface area contributed by atoms with E-state index in [2.05, 4.69) is 34.5 Å². The number of nitrogens with one attached hydrogen (secondary N) is 1. The van der Waals surface area contributed by atoms with E-state index in [0.29, 0.717) is 24.4 Å². The first-order chi connectivity index (χ1) is 10.3. The fourth-order valence-corrected chi connectivity index (χ4v) is 2.47. The second-order valence-electron chi connectivity index (χ2n) is 5.32. The molecule has 0 saturated carbocycles. The zero-order valence-electron chi connectivity index (χ0n) is 12.3. The van der Waals surface area contributed by atoms with E-state index in [-0.39, 0.29) is 0 Å². The number of ether oxygens (including phenoxy) is 1. The molecule has 0 unspecified atom stereocenters. The van der Waals surface area contributed by atoms with Crippen molar-refractivity contribution < 1.29 is 9.26 Å². The average molecular weight is 287 g/mol. The lowest BCUT2D eigenvalue weighted by atomic mass is 10.1. The summed E-state index contributed by atoms with van der Waals surface area (Å²) in [7, 11) is 0. The van der Waals surface area contributed by atoms with Gasteiger partial charge in [-0.1, -0.05) is 36.3 Å². The van der Waals surface area contributed by atoms with Crippen LogP contribution >= 0.6 is 0 Å². The van der Waals surface area contributed by atoms with Crippen LogP contribution in [0.1, 0.15) is 31.2 Å². The molecule has 1 saturated heterocycles. The monoisotopic (exact) mass is 287 g/mol. The molecule has 0 radical (unpaired) electrons. The van der Waals surface area contributed by atoms with Crippen molar-refractivity contribution in [2.24, 2.45) is 0 Å². The van der Waals surface area contributed by atoms with Crippen LogP contribution in [0.3, 0.4) is 0 Å². The van der Waals surface area contributed by atoms with Gasteiger partial charge in [-0.3, -0.25) is 0 Å². The number of hydrogen-bond acceptors (Lipinski definition) is 5. The van der Waals surface area contributed by atoms with Gasteiger partial charge in [0.05, 0.1) is 6.10 Å². The van der Waals surface area contributed by atoms with Crippen LogP contribution in [0.25, 0.3) is 11.4 Å². The van der Waals surface area contributed by atoms with Crippen LogP contribution in [0, 0.1) is 0 Å². The molecule has 3 rings (SSSR count).